The fourth-order valence-electron chi connectivity index (χ4n) is 4.10. The van der Waals surface area contributed by atoms with Gasteiger partial charge in [-0.05, 0) is 43.5 Å². The Kier molecular flexibility index (Phi) is 4.04. The zero-order valence-electron chi connectivity index (χ0n) is 16.4. The number of hydrogen-bond acceptors (Lipinski definition) is 3. The first-order chi connectivity index (χ1) is 14.0. The third-order valence-corrected chi connectivity index (χ3v) is 8.70. The van der Waals surface area contributed by atoms with Gasteiger partial charge in [-0.15, -0.1) is 0 Å². The summed E-state index contributed by atoms with van der Waals surface area (Å²) in [6, 6.07) is 29.9. The van der Waals surface area contributed by atoms with E-state index in [1.54, 1.807) is 0 Å². The molecule has 0 aromatic heterocycles. The summed E-state index contributed by atoms with van der Waals surface area (Å²) in [4.78, 5) is 0. The van der Waals surface area contributed by atoms with Crippen LogP contribution in [-0.2, 0) is 9.85 Å². The highest BCUT2D eigenvalue weighted by atomic mass is 31.2. The fraction of sp³-hybridized carbons (Fsp3) is 0.120. The normalized spacial score (nSPS) is 22.8. The van der Waals surface area contributed by atoms with Crippen LogP contribution in [0.4, 0.5) is 5.69 Å². The van der Waals surface area contributed by atoms with Gasteiger partial charge >= 0.3 is 7.37 Å². The lowest BCUT2D eigenvalue weighted by molar-refractivity contribution is 0.490. The smallest absolute Gasteiger partial charge is 0.306 e. The summed E-state index contributed by atoms with van der Waals surface area (Å²) in [6.07, 6.45) is 0. The molecule has 2 atom stereocenters. The molecule has 0 saturated heterocycles. The molecule has 0 saturated carbocycles. The van der Waals surface area contributed by atoms with Crippen molar-refractivity contribution in [2.45, 2.75) is 19.1 Å². The Hall–Kier alpha value is -3.03. The van der Waals surface area contributed by atoms with E-state index in [1.165, 1.54) is 5.56 Å². The van der Waals surface area contributed by atoms with Gasteiger partial charge in [0.05, 0.1) is 5.30 Å². The van der Waals surface area contributed by atoms with Gasteiger partial charge in [0.2, 0.25) is 0 Å². The third kappa shape index (κ3) is 2.69. The van der Waals surface area contributed by atoms with Crippen LogP contribution in [0.2, 0.25) is 0 Å². The topological polar surface area (TPSA) is 38.3 Å². The molecule has 4 aromatic rings. The van der Waals surface area contributed by atoms with Crippen LogP contribution < -0.4 is 15.1 Å². The van der Waals surface area contributed by atoms with E-state index in [-0.39, 0.29) is 0 Å². The van der Waals surface area contributed by atoms with E-state index in [4.69, 9.17) is 4.52 Å². The fourth-order valence-corrected chi connectivity index (χ4v) is 6.69. The molecule has 29 heavy (non-hydrogen) atoms. The van der Waals surface area contributed by atoms with E-state index in [1.807, 2.05) is 73.7 Å². The Morgan fingerprint density at radius 2 is 1.52 bits per heavy atom. The van der Waals surface area contributed by atoms with Gasteiger partial charge in [0.25, 0.3) is 0 Å². The molecule has 1 heterocycles. The molecule has 4 aromatic carbocycles. The van der Waals surface area contributed by atoms with Gasteiger partial charge in [-0.25, -0.2) is 0 Å². The lowest BCUT2D eigenvalue weighted by Crippen LogP contribution is -2.33. The molecule has 144 valence electrons. The highest BCUT2D eigenvalue weighted by molar-refractivity contribution is 7.69. The number of hydrogen-bond donors (Lipinski definition) is 1. The van der Waals surface area contributed by atoms with E-state index >= 15 is 0 Å². The average molecular weight is 399 g/mol. The molecule has 0 radical (unpaired) electrons. The van der Waals surface area contributed by atoms with Crippen LogP contribution in [0.25, 0.3) is 10.8 Å². The van der Waals surface area contributed by atoms with Crippen molar-refractivity contribution in [3.63, 3.8) is 0 Å². The summed E-state index contributed by atoms with van der Waals surface area (Å²) < 4.78 is 21.0. The first kappa shape index (κ1) is 18.0. The molecule has 0 spiro atoms. The molecular formula is C25H22NO2P. The first-order valence-electron chi connectivity index (χ1n) is 9.74. The minimum atomic E-state index is -3.32. The van der Waals surface area contributed by atoms with Crippen LogP contribution in [0, 0.1) is 6.92 Å². The number of anilines is 1. The van der Waals surface area contributed by atoms with Crippen LogP contribution in [0.5, 0.6) is 5.75 Å². The van der Waals surface area contributed by atoms with Crippen molar-refractivity contribution in [3.05, 3.63) is 102 Å². The summed E-state index contributed by atoms with van der Waals surface area (Å²) in [5, 5.41) is 5.45. The van der Waals surface area contributed by atoms with E-state index in [9.17, 15) is 4.57 Å². The van der Waals surface area contributed by atoms with Crippen molar-refractivity contribution >= 4 is 29.1 Å². The quantitative estimate of drug-likeness (QED) is 0.404. The van der Waals surface area contributed by atoms with Gasteiger partial charge < -0.3 is 9.84 Å². The minimum absolute atomic E-state index is 0.706. The van der Waals surface area contributed by atoms with E-state index < -0.39 is 12.6 Å². The molecule has 0 fully saturated rings. The summed E-state index contributed by atoms with van der Waals surface area (Å²) in [7, 11) is -3.32. The summed E-state index contributed by atoms with van der Waals surface area (Å²) >= 11 is 0. The van der Waals surface area contributed by atoms with Gasteiger partial charge in [-0.2, -0.15) is 0 Å². The van der Waals surface area contributed by atoms with Crippen molar-refractivity contribution in [2.24, 2.45) is 0 Å². The molecule has 3 nitrogen and oxygen atoms in total. The van der Waals surface area contributed by atoms with Gasteiger partial charge in [0.1, 0.15) is 5.75 Å². The van der Waals surface area contributed by atoms with Crippen LogP contribution in [0.1, 0.15) is 18.1 Å². The average Bonchev–Trinajstić information content (AvgIpc) is 2.98. The van der Waals surface area contributed by atoms with Crippen molar-refractivity contribution in [2.75, 3.05) is 5.32 Å². The van der Waals surface area contributed by atoms with Gasteiger partial charge in [0.15, 0.2) is 5.28 Å². The summed E-state index contributed by atoms with van der Waals surface area (Å²) in [5.41, 5.74) is 3.02. The number of rotatable bonds is 3. The summed E-state index contributed by atoms with van der Waals surface area (Å²) in [5.74, 6) is 0.706. The van der Waals surface area contributed by atoms with E-state index in [0.717, 1.165) is 22.0 Å². The highest BCUT2D eigenvalue weighted by Crippen LogP contribution is 2.70. The second-order valence-corrected chi connectivity index (χ2v) is 10.4. The van der Waals surface area contributed by atoms with Gasteiger partial charge in [0, 0.05) is 16.6 Å². The largest absolute Gasteiger partial charge is 0.437 e. The summed E-state index contributed by atoms with van der Waals surface area (Å²) in [6.45, 7) is 4.04. The van der Waals surface area contributed by atoms with Crippen LogP contribution >= 0.6 is 7.37 Å². The van der Waals surface area contributed by atoms with Gasteiger partial charge in [-0.3, -0.25) is 4.57 Å². The Morgan fingerprint density at radius 3 is 2.28 bits per heavy atom. The van der Waals surface area contributed by atoms with Gasteiger partial charge in [-0.1, -0.05) is 72.3 Å². The predicted molar refractivity (Wildman–Crippen MR) is 120 cm³/mol. The maximum absolute atomic E-state index is 14.6. The zero-order chi connectivity index (χ0) is 20.1. The molecule has 0 aliphatic carbocycles. The maximum Gasteiger partial charge on any atom is 0.306 e. The lowest BCUT2D eigenvalue weighted by Gasteiger charge is -2.32. The van der Waals surface area contributed by atoms with Crippen molar-refractivity contribution in [1.29, 1.82) is 0 Å². The number of benzene rings is 4. The molecule has 1 aliphatic heterocycles. The molecule has 0 amide bonds. The predicted octanol–water partition coefficient (Wildman–Crippen LogP) is 6.43. The van der Waals surface area contributed by atoms with E-state index in [0.29, 0.717) is 11.1 Å². The van der Waals surface area contributed by atoms with Crippen molar-refractivity contribution in [3.8, 4) is 5.75 Å². The maximum atomic E-state index is 14.6. The van der Waals surface area contributed by atoms with Crippen LogP contribution in [0.3, 0.4) is 0 Å². The second kappa shape index (κ2) is 6.50. The van der Waals surface area contributed by atoms with Crippen LogP contribution in [0.15, 0.2) is 91.0 Å². The monoisotopic (exact) mass is 399 g/mol. The second-order valence-electron chi connectivity index (χ2n) is 7.70. The molecule has 4 heteroatoms. The first-order valence-corrected chi connectivity index (χ1v) is 11.4. The molecule has 5 rings (SSSR count). The molecule has 1 aliphatic rings. The number of aryl methyl sites for hydroxylation is 1. The Bertz CT molecular complexity index is 1250. The number of nitrogens with one attached hydrogen (secondary N) is 1. The van der Waals surface area contributed by atoms with Crippen molar-refractivity contribution < 1.29 is 9.09 Å². The Balaban J connectivity index is 1.75. The SMILES string of the molecule is Cc1ccc(N[C@]2(C)c3ccc4ccccc4c3O[P@@]2(=O)c2ccccc2)cc1. The highest BCUT2D eigenvalue weighted by Gasteiger charge is 2.56. The van der Waals surface area contributed by atoms with E-state index in [2.05, 4.69) is 36.5 Å². The molecule has 0 unspecified atom stereocenters. The van der Waals surface area contributed by atoms with Crippen LogP contribution in [-0.4, -0.2) is 0 Å². The molecule has 0 bridgehead atoms. The Morgan fingerprint density at radius 1 is 0.828 bits per heavy atom. The third-order valence-electron chi connectivity index (χ3n) is 5.75. The number of fused-ring (bicyclic) bond motifs is 3. The minimum Gasteiger partial charge on any atom is -0.437 e. The standard InChI is InChI=1S/C25H22NO2P/c1-18-12-15-20(16-13-18)26-25(2)23-17-14-19-8-6-7-11-22(19)24(23)28-29(25,27)21-9-4-3-5-10-21/h3-17,26H,1-2H3/t25-,29-/m0/s1. The zero-order valence-corrected chi connectivity index (χ0v) is 17.3. The van der Waals surface area contributed by atoms with Crippen molar-refractivity contribution in [1.82, 2.24) is 0 Å². The molecule has 1 N–H and O–H groups in total. The lowest BCUT2D eigenvalue weighted by atomic mass is 10.0. The molecular weight excluding hydrogens is 377 g/mol. The Labute approximate surface area is 170 Å².